The zero-order chi connectivity index (χ0) is 11.5. The van der Waals surface area contributed by atoms with Gasteiger partial charge in [0.1, 0.15) is 0 Å². The van der Waals surface area contributed by atoms with Gasteiger partial charge in [0.05, 0.1) is 0 Å². The lowest BCUT2D eigenvalue weighted by Gasteiger charge is -2.47. The average Bonchev–Trinajstić information content (AvgIpc) is 3.07. The van der Waals surface area contributed by atoms with Gasteiger partial charge in [-0.1, -0.05) is 13.8 Å². The largest absolute Gasteiger partial charge is 0.314 e. The molecule has 1 N–H and O–H groups in total. The van der Waals surface area contributed by atoms with Crippen LogP contribution in [0, 0.1) is 5.92 Å². The molecular formula is C14H28N2. The third-order valence-electron chi connectivity index (χ3n) is 4.57. The van der Waals surface area contributed by atoms with Crippen LogP contribution in [-0.2, 0) is 0 Å². The van der Waals surface area contributed by atoms with Gasteiger partial charge in [0.25, 0.3) is 0 Å². The summed E-state index contributed by atoms with van der Waals surface area (Å²) in [6.45, 7) is 9.49. The van der Waals surface area contributed by atoms with Crippen LogP contribution in [0.25, 0.3) is 0 Å². The zero-order valence-corrected chi connectivity index (χ0v) is 11.2. The maximum Gasteiger partial charge on any atom is 0.0138 e. The SMILES string of the molecule is CCC(C)N(CC)C1CCC1CNC1CC1. The van der Waals surface area contributed by atoms with E-state index in [1.165, 1.54) is 45.2 Å². The maximum atomic E-state index is 3.70. The molecule has 2 saturated carbocycles. The van der Waals surface area contributed by atoms with Crippen molar-refractivity contribution in [2.75, 3.05) is 13.1 Å². The van der Waals surface area contributed by atoms with Gasteiger partial charge in [0.15, 0.2) is 0 Å². The van der Waals surface area contributed by atoms with Crippen LogP contribution in [0.15, 0.2) is 0 Å². The van der Waals surface area contributed by atoms with Gasteiger partial charge >= 0.3 is 0 Å². The highest BCUT2D eigenvalue weighted by Crippen LogP contribution is 2.34. The quantitative estimate of drug-likeness (QED) is 0.715. The predicted molar refractivity (Wildman–Crippen MR) is 69.7 cm³/mol. The summed E-state index contributed by atoms with van der Waals surface area (Å²) < 4.78 is 0. The summed E-state index contributed by atoms with van der Waals surface area (Å²) in [5.74, 6) is 0.926. The van der Waals surface area contributed by atoms with Gasteiger partial charge in [-0.05, 0) is 58.0 Å². The van der Waals surface area contributed by atoms with Crippen LogP contribution < -0.4 is 5.32 Å². The Balaban J connectivity index is 1.77. The van der Waals surface area contributed by atoms with Gasteiger partial charge in [-0.3, -0.25) is 4.90 Å². The van der Waals surface area contributed by atoms with Crippen LogP contribution in [0.2, 0.25) is 0 Å². The molecule has 3 atom stereocenters. The van der Waals surface area contributed by atoms with E-state index in [0.717, 1.165) is 24.0 Å². The minimum absolute atomic E-state index is 0.763. The van der Waals surface area contributed by atoms with Gasteiger partial charge in [0, 0.05) is 18.1 Å². The Morgan fingerprint density at radius 1 is 1.19 bits per heavy atom. The highest BCUT2D eigenvalue weighted by atomic mass is 15.2. The fraction of sp³-hybridized carbons (Fsp3) is 1.00. The summed E-state index contributed by atoms with van der Waals surface area (Å²) in [5.41, 5.74) is 0. The molecule has 0 bridgehead atoms. The van der Waals surface area contributed by atoms with E-state index in [1.807, 2.05) is 0 Å². The molecule has 0 aromatic carbocycles. The van der Waals surface area contributed by atoms with Crippen LogP contribution in [0.5, 0.6) is 0 Å². The Bertz CT molecular complexity index is 213. The summed E-state index contributed by atoms with van der Waals surface area (Å²) >= 11 is 0. The van der Waals surface area contributed by atoms with Crippen molar-refractivity contribution in [3.05, 3.63) is 0 Å². The Morgan fingerprint density at radius 2 is 1.94 bits per heavy atom. The van der Waals surface area contributed by atoms with E-state index in [-0.39, 0.29) is 0 Å². The molecule has 0 aromatic rings. The normalized spacial score (nSPS) is 31.5. The second kappa shape index (κ2) is 5.50. The Kier molecular flexibility index (Phi) is 4.26. The summed E-state index contributed by atoms with van der Waals surface area (Å²) in [4.78, 5) is 2.72. The highest BCUT2D eigenvalue weighted by Gasteiger charge is 2.36. The number of hydrogen-bond acceptors (Lipinski definition) is 2. The van der Waals surface area contributed by atoms with Crippen molar-refractivity contribution in [3.8, 4) is 0 Å². The van der Waals surface area contributed by atoms with Gasteiger partial charge < -0.3 is 5.32 Å². The number of hydrogen-bond donors (Lipinski definition) is 1. The van der Waals surface area contributed by atoms with Gasteiger partial charge in [-0.15, -0.1) is 0 Å². The molecule has 0 aromatic heterocycles. The summed E-state index contributed by atoms with van der Waals surface area (Å²) in [5, 5.41) is 3.70. The van der Waals surface area contributed by atoms with Crippen molar-refractivity contribution in [2.24, 2.45) is 5.92 Å². The van der Waals surface area contributed by atoms with E-state index < -0.39 is 0 Å². The smallest absolute Gasteiger partial charge is 0.0138 e. The monoisotopic (exact) mass is 224 g/mol. The lowest BCUT2D eigenvalue weighted by atomic mass is 9.77. The van der Waals surface area contributed by atoms with Crippen molar-refractivity contribution in [3.63, 3.8) is 0 Å². The van der Waals surface area contributed by atoms with E-state index >= 15 is 0 Å². The van der Waals surface area contributed by atoms with Crippen LogP contribution in [0.1, 0.15) is 52.9 Å². The first-order valence-electron chi connectivity index (χ1n) is 7.25. The van der Waals surface area contributed by atoms with Gasteiger partial charge in [-0.25, -0.2) is 0 Å². The standard InChI is InChI=1S/C14H28N2/c1-4-11(3)16(5-2)14-9-6-12(14)10-15-13-7-8-13/h11-15H,4-10H2,1-3H3. The van der Waals surface area contributed by atoms with Crippen molar-refractivity contribution in [2.45, 2.75) is 71.0 Å². The highest BCUT2D eigenvalue weighted by molar-refractivity contribution is 4.93. The fourth-order valence-electron chi connectivity index (χ4n) is 2.94. The van der Waals surface area contributed by atoms with Crippen molar-refractivity contribution < 1.29 is 0 Å². The third-order valence-corrected chi connectivity index (χ3v) is 4.57. The van der Waals surface area contributed by atoms with E-state index in [0.29, 0.717) is 0 Å². The molecule has 2 rings (SSSR count). The minimum atomic E-state index is 0.763. The first-order valence-corrected chi connectivity index (χ1v) is 7.25. The summed E-state index contributed by atoms with van der Waals surface area (Å²) in [6.07, 6.45) is 6.99. The topological polar surface area (TPSA) is 15.3 Å². The van der Waals surface area contributed by atoms with Crippen LogP contribution in [0.3, 0.4) is 0 Å². The molecule has 2 aliphatic carbocycles. The lowest BCUT2D eigenvalue weighted by Crippen LogP contribution is -2.53. The molecule has 94 valence electrons. The maximum absolute atomic E-state index is 3.70. The Labute approximate surface area is 101 Å². The molecule has 2 aliphatic rings. The molecule has 3 unspecified atom stereocenters. The first kappa shape index (κ1) is 12.4. The lowest BCUT2D eigenvalue weighted by molar-refractivity contribution is 0.0355. The molecule has 0 heterocycles. The van der Waals surface area contributed by atoms with E-state index in [1.54, 1.807) is 0 Å². The molecule has 0 aliphatic heterocycles. The zero-order valence-electron chi connectivity index (χ0n) is 11.2. The number of nitrogens with one attached hydrogen (secondary N) is 1. The average molecular weight is 224 g/mol. The van der Waals surface area contributed by atoms with Crippen LogP contribution >= 0.6 is 0 Å². The third kappa shape index (κ3) is 2.78. The van der Waals surface area contributed by atoms with Crippen LogP contribution in [-0.4, -0.2) is 36.1 Å². The molecule has 16 heavy (non-hydrogen) atoms. The Morgan fingerprint density at radius 3 is 2.38 bits per heavy atom. The molecule has 2 fully saturated rings. The second-order valence-electron chi connectivity index (χ2n) is 5.68. The minimum Gasteiger partial charge on any atom is -0.314 e. The fourth-order valence-corrected chi connectivity index (χ4v) is 2.94. The predicted octanol–water partition coefficient (Wildman–Crippen LogP) is 2.64. The summed E-state index contributed by atoms with van der Waals surface area (Å²) in [6, 6.07) is 2.50. The Hall–Kier alpha value is -0.0800. The second-order valence-corrected chi connectivity index (χ2v) is 5.68. The van der Waals surface area contributed by atoms with E-state index in [2.05, 4.69) is 31.0 Å². The number of rotatable bonds is 7. The van der Waals surface area contributed by atoms with Crippen molar-refractivity contribution >= 4 is 0 Å². The van der Waals surface area contributed by atoms with Crippen molar-refractivity contribution in [1.29, 1.82) is 0 Å². The van der Waals surface area contributed by atoms with E-state index in [9.17, 15) is 0 Å². The molecule has 2 heteroatoms. The van der Waals surface area contributed by atoms with E-state index in [4.69, 9.17) is 0 Å². The molecule has 0 saturated heterocycles. The number of nitrogens with zero attached hydrogens (tertiary/aromatic N) is 1. The molecular weight excluding hydrogens is 196 g/mol. The molecule has 0 radical (unpaired) electrons. The summed E-state index contributed by atoms with van der Waals surface area (Å²) in [7, 11) is 0. The molecule has 0 amide bonds. The molecule has 0 spiro atoms. The van der Waals surface area contributed by atoms with Crippen LogP contribution in [0.4, 0.5) is 0 Å². The van der Waals surface area contributed by atoms with Crippen molar-refractivity contribution in [1.82, 2.24) is 10.2 Å². The molecule has 2 nitrogen and oxygen atoms in total. The van der Waals surface area contributed by atoms with Gasteiger partial charge in [0.2, 0.25) is 0 Å². The van der Waals surface area contributed by atoms with Gasteiger partial charge in [-0.2, -0.15) is 0 Å². The first-order chi connectivity index (χ1) is 7.76.